The molecular formula is C12H18N2O2. The number of hydrogen-bond acceptors (Lipinski definition) is 3. The van der Waals surface area contributed by atoms with Crippen LogP contribution in [-0.4, -0.2) is 30.9 Å². The van der Waals surface area contributed by atoms with Crippen molar-refractivity contribution in [3.8, 4) is 0 Å². The number of carbonyl (C=O) groups excluding carboxylic acids is 1. The molecule has 0 bridgehead atoms. The molecule has 0 saturated carbocycles. The summed E-state index contributed by atoms with van der Waals surface area (Å²) in [6.07, 6.45) is 3.87. The van der Waals surface area contributed by atoms with Crippen LogP contribution in [0.15, 0.2) is 16.5 Å². The summed E-state index contributed by atoms with van der Waals surface area (Å²) in [5.41, 5.74) is 0. The van der Waals surface area contributed by atoms with Crippen LogP contribution in [0.25, 0.3) is 0 Å². The van der Waals surface area contributed by atoms with Crippen molar-refractivity contribution < 1.29 is 9.21 Å². The topological polar surface area (TPSA) is 45.5 Å². The third-order valence-electron chi connectivity index (χ3n) is 2.94. The van der Waals surface area contributed by atoms with E-state index >= 15 is 0 Å². The molecule has 2 rings (SSSR count). The van der Waals surface area contributed by atoms with Crippen LogP contribution < -0.4 is 5.32 Å². The average Bonchev–Trinajstić information content (AvgIpc) is 2.78. The first-order valence-electron chi connectivity index (χ1n) is 5.83. The molecule has 1 saturated heterocycles. The minimum Gasteiger partial charge on any atom is -0.455 e. The van der Waals surface area contributed by atoms with Gasteiger partial charge in [0.1, 0.15) is 5.76 Å². The average molecular weight is 222 g/mol. The van der Waals surface area contributed by atoms with E-state index in [-0.39, 0.29) is 5.91 Å². The van der Waals surface area contributed by atoms with Gasteiger partial charge in [0.2, 0.25) is 0 Å². The predicted molar refractivity (Wildman–Crippen MR) is 61.2 cm³/mol. The molecule has 0 aliphatic carbocycles. The van der Waals surface area contributed by atoms with E-state index < -0.39 is 0 Å². The van der Waals surface area contributed by atoms with Crippen molar-refractivity contribution in [2.24, 2.45) is 0 Å². The molecule has 1 aromatic heterocycles. The number of furan rings is 1. The monoisotopic (exact) mass is 222 g/mol. The molecule has 0 aromatic carbocycles. The molecule has 1 N–H and O–H groups in total. The minimum atomic E-state index is -0.162. The predicted octanol–water partition coefficient (Wildman–Crippen LogP) is 1.63. The van der Waals surface area contributed by atoms with Gasteiger partial charge in [-0.05, 0) is 38.1 Å². The lowest BCUT2D eigenvalue weighted by Gasteiger charge is -2.25. The first-order valence-corrected chi connectivity index (χ1v) is 5.83. The fourth-order valence-corrected chi connectivity index (χ4v) is 2.05. The molecule has 0 radical (unpaired) electrons. The Labute approximate surface area is 95.6 Å². The molecule has 1 aromatic rings. The number of likely N-dealkylation sites (tertiary alicyclic amines) is 1. The highest BCUT2D eigenvalue weighted by Gasteiger charge is 2.14. The highest BCUT2D eigenvalue weighted by atomic mass is 16.4. The zero-order valence-electron chi connectivity index (χ0n) is 9.66. The van der Waals surface area contributed by atoms with Crippen molar-refractivity contribution in [3.05, 3.63) is 23.7 Å². The van der Waals surface area contributed by atoms with Crippen LogP contribution in [0.2, 0.25) is 0 Å². The maximum atomic E-state index is 11.3. The lowest BCUT2D eigenvalue weighted by molar-refractivity contribution is 0.0931. The zero-order valence-corrected chi connectivity index (χ0v) is 9.66. The SMILES string of the molecule is CNC(=O)c1ccc(CN2CCCCC2)o1. The van der Waals surface area contributed by atoms with Gasteiger partial charge in [-0.2, -0.15) is 0 Å². The van der Waals surface area contributed by atoms with E-state index in [4.69, 9.17) is 4.42 Å². The second-order valence-electron chi connectivity index (χ2n) is 4.18. The largest absolute Gasteiger partial charge is 0.455 e. The van der Waals surface area contributed by atoms with Crippen LogP contribution in [0.4, 0.5) is 0 Å². The lowest BCUT2D eigenvalue weighted by atomic mass is 10.1. The summed E-state index contributed by atoms with van der Waals surface area (Å²) in [6, 6.07) is 3.62. The molecular weight excluding hydrogens is 204 g/mol. The maximum absolute atomic E-state index is 11.3. The smallest absolute Gasteiger partial charge is 0.286 e. The van der Waals surface area contributed by atoms with E-state index in [2.05, 4.69) is 10.2 Å². The van der Waals surface area contributed by atoms with Gasteiger partial charge >= 0.3 is 0 Å². The quantitative estimate of drug-likeness (QED) is 0.845. The Morgan fingerprint density at radius 1 is 1.38 bits per heavy atom. The van der Waals surface area contributed by atoms with Crippen molar-refractivity contribution in [1.82, 2.24) is 10.2 Å². The summed E-state index contributed by atoms with van der Waals surface area (Å²) in [4.78, 5) is 13.7. The first kappa shape index (κ1) is 11.2. The molecule has 0 unspecified atom stereocenters. The van der Waals surface area contributed by atoms with Gasteiger partial charge in [-0.15, -0.1) is 0 Å². The van der Waals surface area contributed by atoms with Crippen molar-refractivity contribution in [2.75, 3.05) is 20.1 Å². The van der Waals surface area contributed by atoms with Crippen LogP contribution in [0.5, 0.6) is 0 Å². The van der Waals surface area contributed by atoms with Gasteiger partial charge in [0.25, 0.3) is 5.91 Å². The summed E-state index contributed by atoms with van der Waals surface area (Å²) >= 11 is 0. The summed E-state index contributed by atoms with van der Waals surface area (Å²) in [6.45, 7) is 3.09. The lowest BCUT2D eigenvalue weighted by Crippen LogP contribution is -2.28. The number of piperidine rings is 1. The minimum absolute atomic E-state index is 0.162. The Morgan fingerprint density at radius 3 is 2.81 bits per heavy atom. The van der Waals surface area contributed by atoms with Crippen molar-refractivity contribution >= 4 is 5.91 Å². The van der Waals surface area contributed by atoms with Crippen LogP contribution >= 0.6 is 0 Å². The fraction of sp³-hybridized carbons (Fsp3) is 0.583. The summed E-state index contributed by atoms with van der Waals surface area (Å²) < 4.78 is 5.49. The molecule has 88 valence electrons. The Bertz CT molecular complexity index is 354. The number of hydrogen-bond donors (Lipinski definition) is 1. The Balaban J connectivity index is 1.94. The zero-order chi connectivity index (χ0) is 11.4. The summed E-state index contributed by atoms with van der Waals surface area (Å²) in [5, 5.41) is 2.55. The van der Waals surface area contributed by atoms with Gasteiger partial charge in [0.15, 0.2) is 5.76 Å². The number of nitrogens with one attached hydrogen (secondary N) is 1. The highest BCUT2D eigenvalue weighted by Crippen LogP contribution is 2.15. The Hall–Kier alpha value is -1.29. The summed E-state index contributed by atoms with van der Waals surface area (Å²) in [5.74, 6) is 1.11. The van der Waals surface area contributed by atoms with Crippen LogP contribution in [0.1, 0.15) is 35.6 Å². The standard InChI is InChI=1S/C12H18N2O2/c1-13-12(15)11-6-5-10(16-11)9-14-7-3-2-4-8-14/h5-6H,2-4,7-9H2,1H3,(H,13,15). The van der Waals surface area contributed by atoms with Crippen LogP contribution in [0, 0.1) is 0 Å². The number of rotatable bonds is 3. The van der Waals surface area contributed by atoms with Gasteiger partial charge in [-0.3, -0.25) is 9.69 Å². The van der Waals surface area contributed by atoms with E-state index in [0.717, 1.165) is 25.4 Å². The third-order valence-corrected chi connectivity index (χ3v) is 2.94. The fourth-order valence-electron chi connectivity index (χ4n) is 2.05. The van der Waals surface area contributed by atoms with E-state index in [1.54, 1.807) is 13.1 Å². The number of amides is 1. The van der Waals surface area contributed by atoms with Gasteiger partial charge in [0, 0.05) is 7.05 Å². The Morgan fingerprint density at radius 2 is 2.12 bits per heavy atom. The molecule has 0 spiro atoms. The van der Waals surface area contributed by atoms with Crippen LogP contribution in [-0.2, 0) is 6.54 Å². The Kier molecular flexibility index (Phi) is 3.62. The van der Waals surface area contributed by atoms with Gasteiger partial charge in [-0.1, -0.05) is 6.42 Å². The van der Waals surface area contributed by atoms with E-state index in [0.29, 0.717) is 5.76 Å². The molecule has 1 aliphatic heterocycles. The molecule has 16 heavy (non-hydrogen) atoms. The molecule has 4 nitrogen and oxygen atoms in total. The van der Waals surface area contributed by atoms with Crippen molar-refractivity contribution in [3.63, 3.8) is 0 Å². The highest BCUT2D eigenvalue weighted by molar-refractivity contribution is 5.91. The van der Waals surface area contributed by atoms with Gasteiger partial charge in [-0.25, -0.2) is 0 Å². The van der Waals surface area contributed by atoms with E-state index in [9.17, 15) is 4.79 Å². The molecule has 2 heterocycles. The maximum Gasteiger partial charge on any atom is 0.286 e. The molecule has 1 aliphatic rings. The van der Waals surface area contributed by atoms with Gasteiger partial charge < -0.3 is 9.73 Å². The summed E-state index contributed by atoms with van der Waals surface area (Å²) in [7, 11) is 1.61. The van der Waals surface area contributed by atoms with Crippen molar-refractivity contribution in [1.29, 1.82) is 0 Å². The number of carbonyl (C=O) groups is 1. The van der Waals surface area contributed by atoms with Gasteiger partial charge in [0.05, 0.1) is 6.54 Å². The second kappa shape index (κ2) is 5.16. The molecule has 4 heteroatoms. The van der Waals surface area contributed by atoms with Crippen LogP contribution in [0.3, 0.4) is 0 Å². The molecule has 0 atom stereocenters. The van der Waals surface area contributed by atoms with E-state index in [1.807, 2.05) is 6.07 Å². The third kappa shape index (κ3) is 2.64. The van der Waals surface area contributed by atoms with Crippen molar-refractivity contribution in [2.45, 2.75) is 25.8 Å². The van der Waals surface area contributed by atoms with E-state index in [1.165, 1.54) is 19.3 Å². The molecule has 1 amide bonds. The second-order valence-corrected chi connectivity index (χ2v) is 4.18. The first-order chi connectivity index (χ1) is 7.79. The normalized spacial score (nSPS) is 17.3. The number of nitrogens with zero attached hydrogens (tertiary/aromatic N) is 1. The molecule has 1 fully saturated rings.